The number of benzene rings is 1. The monoisotopic (exact) mass is 274 g/mol. The maximum Gasteiger partial charge on any atom is 0.288 e. The van der Waals surface area contributed by atoms with Crippen LogP contribution in [0.3, 0.4) is 0 Å². The topological polar surface area (TPSA) is 80.2 Å². The Bertz CT molecular complexity index is 545. The first-order valence-electron chi connectivity index (χ1n) is 6.58. The molecule has 2 rings (SSSR count). The van der Waals surface area contributed by atoms with Gasteiger partial charge in [0.15, 0.2) is 0 Å². The first-order valence-corrected chi connectivity index (χ1v) is 6.58. The molecule has 1 aromatic heterocycles. The largest absolute Gasteiger partial charge is 0.493 e. The number of rotatable bonds is 6. The summed E-state index contributed by atoms with van der Waals surface area (Å²) < 4.78 is 7.17. The van der Waals surface area contributed by atoms with E-state index in [1.54, 1.807) is 12.7 Å². The summed E-state index contributed by atoms with van der Waals surface area (Å²) in [4.78, 5) is 0. The fourth-order valence-corrected chi connectivity index (χ4v) is 1.63. The summed E-state index contributed by atoms with van der Waals surface area (Å²) in [6.07, 6.45) is 3.76. The smallest absolute Gasteiger partial charge is 0.288 e. The number of amidine groups is 1. The van der Waals surface area contributed by atoms with Gasteiger partial charge < -0.3 is 10.5 Å². The van der Waals surface area contributed by atoms with Crippen LogP contribution in [0.4, 0.5) is 0 Å². The molecule has 0 bridgehead atoms. The van der Waals surface area contributed by atoms with Gasteiger partial charge in [-0.25, -0.2) is 0 Å². The van der Waals surface area contributed by atoms with Crippen LogP contribution in [0.1, 0.15) is 19.4 Å². The van der Waals surface area contributed by atoms with Crippen LogP contribution in [0.15, 0.2) is 42.0 Å². The predicted molar refractivity (Wildman–Crippen MR) is 76.3 cm³/mol. The lowest BCUT2D eigenvalue weighted by atomic mass is 10.1. The molecule has 0 aliphatic heterocycles. The second-order valence-corrected chi connectivity index (χ2v) is 5.00. The highest BCUT2D eigenvalue weighted by Gasteiger charge is 2.02. The van der Waals surface area contributed by atoms with Crippen LogP contribution >= 0.6 is 0 Å². The minimum absolute atomic E-state index is 0.518. The molecular weight excluding hydrogens is 254 g/mol. The maximum atomic E-state index is 5.89. The van der Waals surface area contributed by atoms with E-state index in [-0.39, 0.29) is 0 Å². The van der Waals surface area contributed by atoms with Crippen molar-refractivity contribution in [3.8, 4) is 5.75 Å². The minimum atomic E-state index is 0.518. The second-order valence-electron chi connectivity index (χ2n) is 5.00. The van der Waals surface area contributed by atoms with Crippen LogP contribution in [-0.2, 0) is 6.42 Å². The SMILES string of the molecule is CC(C)COc1ccc(CC(N)=N[n+]2cn[nH]c2)cc1. The van der Waals surface area contributed by atoms with Crippen LogP contribution in [-0.4, -0.2) is 22.6 Å². The number of aromatic nitrogens is 3. The van der Waals surface area contributed by atoms with E-state index < -0.39 is 0 Å². The zero-order valence-corrected chi connectivity index (χ0v) is 11.8. The van der Waals surface area contributed by atoms with Gasteiger partial charge in [-0.3, -0.25) is 0 Å². The van der Waals surface area contributed by atoms with Gasteiger partial charge in [0.1, 0.15) is 11.6 Å². The molecule has 106 valence electrons. The highest BCUT2D eigenvalue weighted by Crippen LogP contribution is 2.13. The molecule has 0 fully saturated rings. The summed E-state index contributed by atoms with van der Waals surface area (Å²) >= 11 is 0. The van der Waals surface area contributed by atoms with E-state index in [2.05, 4.69) is 29.1 Å². The van der Waals surface area contributed by atoms with Crippen molar-refractivity contribution in [3.05, 3.63) is 42.5 Å². The van der Waals surface area contributed by atoms with Gasteiger partial charge >= 0.3 is 0 Å². The van der Waals surface area contributed by atoms with Crippen LogP contribution in [0, 0.1) is 5.92 Å². The lowest BCUT2D eigenvalue weighted by Crippen LogP contribution is -2.30. The molecular formula is C14H20N5O+. The van der Waals surface area contributed by atoms with Crippen molar-refractivity contribution in [2.75, 3.05) is 6.61 Å². The van der Waals surface area contributed by atoms with Gasteiger partial charge in [0.2, 0.25) is 6.33 Å². The molecule has 0 saturated heterocycles. The number of hydrogen-bond donors (Lipinski definition) is 2. The van der Waals surface area contributed by atoms with Gasteiger partial charge in [0.25, 0.3) is 6.33 Å². The van der Waals surface area contributed by atoms with Crippen molar-refractivity contribution >= 4 is 5.84 Å². The summed E-state index contributed by atoms with van der Waals surface area (Å²) in [7, 11) is 0. The summed E-state index contributed by atoms with van der Waals surface area (Å²) in [6.45, 7) is 4.97. The van der Waals surface area contributed by atoms with E-state index in [1.165, 1.54) is 4.68 Å². The van der Waals surface area contributed by atoms with Crippen molar-refractivity contribution in [2.24, 2.45) is 16.8 Å². The predicted octanol–water partition coefficient (Wildman–Crippen LogP) is 1.09. The van der Waals surface area contributed by atoms with E-state index in [1.807, 2.05) is 24.3 Å². The van der Waals surface area contributed by atoms with Crippen molar-refractivity contribution in [1.82, 2.24) is 10.2 Å². The Morgan fingerprint density at radius 3 is 2.75 bits per heavy atom. The third-order valence-electron chi connectivity index (χ3n) is 2.58. The van der Waals surface area contributed by atoms with E-state index in [4.69, 9.17) is 10.5 Å². The zero-order valence-electron chi connectivity index (χ0n) is 11.8. The van der Waals surface area contributed by atoms with Gasteiger partial charge in [-0.15, -0.1) is 9.77 Å². The Kier molecular flexibility index (Phi) is 4.70. The molecule has 0 amide bonds. The van der Waals surface area contributed by atoms with E-state index in [0.717, 1.165) is 17.9 Å². The zero-order chi connectivity index (χ0) is 14.4. The molecule has 0 aliphatic carbocycles. The van der Waals surface area contributed by atoms with Crippen molar-refractivity contribution in [3.63, 3.8) is 0 Å². The number of ether oxygens (including phenoxy) is 1. The number of nitrogens with two attached hydrogens (primary N) is 1. The Labute approximate surface area is 118 Å². The molecule has 3 N–H and O–H groups in total. The molecule has 1 aromatic carbocycles. The average Bonchev–Trinajstić information content (AvgIpc) is 2.90. The summed E-state index contributed by atoms with van der Waals surface area (Å²) in [5, 5.41) is 10.6. The van der Waals surface area contributed by atoms with Crippen LogP contribution in [0.2, 0.25) is 0 Å². The third kappa shape index (κ3) is 4.38. The van der Waals surface area contributed by atoms with Crippen molar-refractivity contribution in [2.45, 2.75) is 20.3 Å². The molecule has 0 spiro atoms. The molecule has 6 heteroatoms. The highest BCUT2D eigenvalue weighted by molar-refractivity contribution is 5.81. The van der Waals surface area contributed by atoms with Gasteiger partial charge in [-0.05, 0) is 23.6 Å². The van der Waals surface area contributed by atoms with Crippen LogP contribution in [0.25, 0.3) is 0 Å². The summed E-state index contributed by atoms with van der Waals surface area (Å²) in [6, 6.07) is 7.90. The molecule has 0 atom stereocenters. The number of H-pyrrole nitrogens is 1. The normalized spacial score (nSPS) is 11.8. The standard InChI is InChI=1S/C14H19N5O/c1-11(2)8-20-13-5-3-12(4-6-13)7-14(15)18-19-9-16-17-10-19/h3-6,9-11H,7-8H2,1-2H3,(H2,15,18)/p+1. The molecule has 0 unspecified atom stereocenters. The van der Waals surface area contributed by atoms with Crippen molar-refractivity contribution < 1.29 is 9.41 Å². The summed E-state index contributed by atoms with van der Waals surface area (Å²) in [5.74, 6) is 1.92. The first kappa shape index (κ1) is 14.0. The second kappa shape index (κ2) is 6.70. The molecule has 1 heterocycles. The lowest BCUT2D eigenvalue weighted by Gasteiger charge is -2.09. The minimum Gasteiger partial charge on any atom is -0.493 e. The van der Waals surface area contributed by atoms with Gasteiger partial charge in [0, 0.05) is 11.5 Å². The Balaban J connectivity index is 1.93. The Morgan fingerprint density at radius 2 is 2.15 bits per heavy atom. The number of nitrogens with one attached hydrogen (secondary N) is 1. The van der Waals surface area contributed by atoms with Gasteiger partial charge in [-0.2, -0.15) is 0 Å². The molecule has 6 nitrogen and oxygen atoms in total. The van der Waals surface area contributed by atoms with E-state index in [0.29, 0.717) is 18.2 Å². The fraction of sp³-hybridized carbons (Fsp3) is 0.357. The quantitative estimate of drug-likeness (QED) is 0.470. The number of aromatic amines is 1. The van der Waals surface area contributed by atoms with Crippen LogP contribution in [0.5, 0.6) is 5.75 Å². The van der Waals surface area contributed by atoms with E-state index >= 15 is 0 Å². The van der Waals surface area contributed by atoms with Gasteiger partial charge in [0.05, 0.1) is 6.61 Å². The Hall–Kier alpha value is -2.37. The summed E-state index contributed by atoms with van der Waals surface area (Å²) in [5.41, 5.74) is 6.98. The third-order valence-corrected chi connectivity index (χ3v) is 2.58. The fourth-order valence-electron chi connectivity index (χ4n) is 1.63. The first-order chi connectivity index (χ1) is 9.63. The van der Waals surface area contributed by atoms with Crippen LogP contribution < -0.4 is 15.1 Å². The molecule has 0 aliphatic rings. The molecule has 0 radical (unpaired) electrons. The van der Waals surface area contributed by atoms with Gasteiger partial charge in [-0.1, -0.05) is 31.1 Å². The highest BCUT2D eigenvalue weighted by atomic mass is 16.5. The number of hydrogen-bond acceptors (Lipinski definition) is 3. The maximum absolute atomic E-state index is 5.89. The number of nitrogens with zero attached hydrogens (tertiary/aromatic N) is 3. The Morgan fingerprint density at radius 1 is 1.40 bits per heavy atom. The molecule has 0 saturated carbocycles. The van der Waals surface area contributed by atoms with E-state index in [9.17, 15) is 0 Å². The lowest BCUT2D eigenvalue weighted by molar-refractivity contribution is -0.679. The molecule has 2 aromatic rings. The van der Waals surface area contributed by atoms with Crippen molar-refractivity contribution in [1.29, 1.82) is 0 Å². The molecule has 20 heavy (non-hydrogen) atoms. The average molecular weight is 274 g/mol.